The van der Waals surface area contributed by atoms with Crippen molar-refractivity contribution in [2.24, 2.45) is 0 Å². The lowest BCUT2D eigenvalue weighted by Crippen LogP contribution is -2.59. The molecule has 0 aromatic carbocycles. The van der Waals surface area contributed by atoms with Gasteiger partial charge in [-0.1, -0.05) is 198 Å². The average Bonchev–Trinajstić information content (AvgIpc) is 3.28. The molecule has 1 rings (SSSR count). The number of rotatable bonds is 44. The van der Waals surface area contributed by atoms with Crippen LogP contribution in [0.4, 0.5) is 0 Å². The molecule has 10 nitrogen and oxygen atoms in total. The van der Waals surface area contributed by atoms with Crippen molar-refractivity contribution < 1.29 is 49.0 Å². The first-order chi connectivity index (χ1) is 30.8. The summed E-state index contributed by atoms with van der Waals surface area (Å²) in [5, 5.41) is 40.2. The second-order valence-corrected chi connectivity index (χ2v) is 18.0. The second-order valence-electron chi connectivity index (χ2n) is 18.0. The maximum Gasteiger partial charge on any atom is 0.306 e. The maximum atomic E-state index is 12.8. The van der Waals surface area contributed by atoms with Crippen molar-refractivity contribution >= 4 is 11.9 Å². The number of hydrogen-bond donors (Lipinski definition) is 4. The van der Waals surface area contributed by atoms with E-state index >= 15 is 0 Å². The zero-order chi connectivity index (χ0) is 45.9. The summed E-state index contributed by atoms with van der Waals surface area (Å²) in [7, 11) is 0. The summed E-state index contributed by atoms with van der Waals surface area (Å²) in [4.78, 5) is 25.4. The number of esters is 2. The van der Waals surface area contributed by atoms with Gasteiger partial charge in [0.25, 0.3) is 0 Å². The predicted molar refractivity (Wildman–Crippen MR) is 256 cm³/mol. The van der Waals surface area contributed by atoms with Crippen LogP contribution in [-0.4, -0.2) is 89.0 Å². The number of allylic oxidation sites excluding steroid dienone is 6. The van der Waals surface area contributed by atoms with E-state index in [4.69, 9.17) is 18.9 Å². The third-order valence-corrected chi connectivity index (χ3v) is 12.0. The van der Waals surface area contributed by atoms with E-state index in [1.54, 1.807) is 0 Å². The molecule has 1 aliphatic rings. The summed E-state index contributed by atoms with van der Waals surface area (Å²) in [5.74, 6) is -0.855. The van der Waals surface area contributed by atoms with Gasteiger partial charge in [-0.25, -0.2) is 0 Å². The van der Waals surface area contributed by atoms with Gasteiger partial charge < -0.3 is 39.4 Å². The monoisotopic (exact) mass is 893 g/mol. The molecule has 0 spiro atoms. The third kappa shape index (κ3) is 34.9. The molecule has 6 atom stereocenters. The van der Waals surface area contributed by atoms with Crippen LogP contribution in [0.3, 0.4) is 0 Å². The van der Waals surface area contributed by atoms with Crippen molar-refractivity contribution in [3.05, 3.63) is 36.5 Å². The van der Waals surface area contributed by atoms with Gasteiger partial charge in [-0.2, -0.15) is 0 Å². The van der Waals surface area contributed by atoms with E-state index in [9.17, 15) is 30.0 Å². The minimum Gasteiger partial charge on any atom is -0.462 e. The van der Waals surface area contributed by atoms with Crippen molar-refractivity contribution in [1.82, 2.24) is 0 Å². The van der Waals surface area contributed by atoms with Crippen LogP contribution in [0.1, 0.15) is 232 Å². The Morgan fingerprint density at radius 3 is 1.40 bits per heavy atom. The zero-order valence-electron chi connectivity index (χ0n) is 40.3. The minimum atomic E-state index is -1.60. The van der Waals surface area contributed by atoms with Gasteiger partial charge in [-0.05, 0) is 57.8 Å². The molecule has 10 heteroatoms. The molecule has 0 amide bonds. The Morgan fingerprint density at radius 2 is 0.905 bits per heavy atom. The molecule has 1 heterocycles. The van der Waals surface area contributed by atoms with Crippen LogP contribution in [0, 0.1) is 0 Å². The number of aliphatic hydroxyl groups excluding tert-OH is 4. The summed E-state index contributed by atoms with van der Waals surface area (Å²) in [5.41, 5.74) is 0. The van der Waals surface area contributed by atoms with E-state index in [1.807, 2.05) is 0 Å². The van der Waals surface area contributed by atoms with Gasteiger partial charge in [-0.3, -0.25) is 9.59 Å². The van der Waals surface area contributed by atoms with Crippen molar-refractivity contribution in [2.45, 2.75) is 269 Å². The fourth-order valence-electron chi connectivity index (χ4n) is 7.89. The molecule has 0 radical (unpaired) electrons. The van der Waals surface area contributed by atoms with E-state index in [0.717, 1.165) is 51.4 Å². The molecule has 0 aromatic heterocycles. The number of carbonyl (C=O) groups is 2. The maximum absolute atomic E-state index is 12.8. The van der Waals surface area contributed by atoms with Crippen LogP contribution in [0.15, 0.2) is 36.5 Å². The van der Waals surface area contributed by atoms with Gasteiger partial charge in [0.15, 0.2) is 12.4 Å². The van der Waals surface area contributed by atoms with Crippen molar-refractivity contribution in [1.29, 1.82) is 0 Å². The third-order valence-electron chi connectivity index (χ3n) is 12.0. The zero-order valence-corrected chi connectivity index (χ0v) is 40.3. The highest BCUT2D eigenvalue weighted by molar-refractivity contribution is 5.70. The van der Waals surface area contributed by atoms with Crippen LogP contribution >= 0.6 is 0 Å². The quantitative estimate of drug-likeness (QED) is 0.0201. The molecule has 0 saturated carbocycles. The highest BCUT2D eigenvalue weighted by atomic mass is 16.7. The summed E-state index contributed by atoms with van der Waals surface area (Å²) < 4.78 is 22.2. The van der Waals surface area contributed by atoms with E-state index < -0.39 is 55.4 Å². The van der Waals surface area contributed by atoms with Gasteiger partial charge in [0.05, 0.1) is 13.2 Å². The lowest BCUT2D eigenvalue weighted by molar-refractivity contribution is -0.305. The highest BCUT2D eigenvalue weighted by Crippen LogP contribution is 2.23. The van der Waals surface area contributed by atoms with Gasteiger partial charge in [0.1, 0.15) is 31.0 Å². The van der Waals surface area contributed by atoms with E-state index in [-0.39, 0.29) is 26.1 Å². The number of carbonyl (C=O) groups excluding carboxylic acids is 2. The van der Waals surface area contributed by atoms with Crippen LogP contribution in [0.2, 0.25) is 0 Å². The number of hydrogen-bond acceptors (Lipinski definition) is 10. The SMILES string of the molecule is CCCCCC/C=C/C=C/CCCCCCCC(=O)O[C@@H](COC(=O)CCC/C=C/CCCCCCCCCCCCCCCCCCCC)CO[C@H]1O[C@@H](CO)[C@@H](O)C(O)C1O. The standard InChI is InChI=1S/C53H96O10/c1-3-5-7-9-11-13-15-17-19-20-21-22-23-24-25-26-28-29-31-33-35-37-39-41-48(55)60-44-46(45-61-53-52(59)51(58)50(57)47(43-54)63-53)62-49(56)42-40-38-36-34-32-30-27-18-16-14-12-10-8-6-4-2/h14,16,18,27,33,35,46-47,50-54,57-59H,3-13,15,17,19-26,28-32,34,36-45H2,1-2H3/b16-14+,27-18+,35-33+/t46-,47-,50+,51?,52?,53-/m0/s1. The Kier molecular flexibility index (Phi) is 41.0. The van der Waals surface area contributed by atoms with Crippen LogP contribution < -0.4 is 0 Å². The molecule has 4 N–H and O–H groups in total. The van der Waals surface area contributed by atoms with Crippen molar-refractivity contribution in [2.75, 3.05) is 19.8 Å². The van der Waals surface area contributed by atoms with Gasteiger partial charge in [0, 0.05) is 12.8 Å². The summed E-state index contributed by atoms with van der Waals surface area (Å²) in [6.45, 7) is 3.39. The van der Waals surface area contributed by atoms with Crippen LogP contribution in [0.25, 0.3) is 0 Å². The fourth-order valence-corrected chi connectivity index (χ4v) is 7.89. The topological polar surface area (TPSA) is 152 Å². The molecule has 63 heavy (non-hydrogen) atoms. The van der Waals surface area contributed by atoms with Gasteiger partial charge in [0.2, 0.25) is 0 Å². The first-order valence-electron chi connectivity index (χ1n) is 26.1. The Hall–Kier alpha value is -2.08. The molecule has 1 aliphatic heterocycles. The Bertz CT molecular complexity index is 1120. The van der Waals surface area contributed by atoms with Crippen molar-refractivity contribution in [3.63, 3.8) is 0 Å². The first kappa shape index (κ1) is 58.9. The minimum absolute atomic E-state index is 0.208. The number of aliphatic hydroxyl groups is 4. The van der Waals surface area contributed by atoms with Gasteiger partial charge >= 0.3 is 11.9 Å². The van der Waals surface area contributed by atoms with E-state index in [1.165, 1.54) is 141 Å². The van der Waals surface area contributed by atoms with Crippen LogP contribution in [0.5, 0.6) is 0 Å². The van der Waals surface area contributed by atoms with Gasteiger partial charge in [-0.15, -0.1) is 0 Å². The molecule has 1 fully saturated rings. The molecule has 0 bridgehead atoms. The molecule has 368 valence electrons. The lowest BCUT2D eigenvalue weighted by Gasteiger charge is -2.39. The number of unbranched alkanes of at least 4 members (excludes halogenated alkanes) is 28. The first-order valence-corrected chi connectivity index (χ1v) is 26.1. The summed E-state index contributed by atoms with van der Waals surface area (Å²) in [6.07, 6.45) is 44.5. The Balaban J connectivity index is 2.25. The second kappa shape index (κ2) is 43.8. The largest absolute Gasteiger partial charge is 0.462 e. The van der Waals surface area contributed by atoms with Crippen LogP contribution in [-0.2, 0) is 28.5 Å². The highest BCUT2D eigenvalue weighted by Gasteiger charge is 2.44. The normalized spacial score (nSPS) is 19.7. The van der Waals surface area contributed by atoms with E-state index in [2.05, 4.69) is 50.3 Å². The molecule has 0 aliphatic carbocycles. The smallest absolute Gasteiger partial charge is 0.306 e. The molecule has 0 aromatic rings. The van der Waals surface area contributed by atoms with E-state index in [0.29, 0.717) is 12.8 Å². The Labute approximate surface area is 385 Å². The summed E-state index contributed by atoms with van der Waals surface area (Å²) in [6, 6.07) is 0. The molecular weight excluding hydrogens is 797 g/mol. The Morgan fingerprint density at radius 1 is 0.492 bits per heavy atom. The number of ether oxygens (including phenoxy) is 4. The average molecular weight is 893 g/mol. The lowest BCUT2D eigenvalue weighted by atomic mass is 9.99. The predicted octanol–water partition coefficient (Wildman–Crippen LogP) is 12.2. The summed E-state index contributed by atoms with van der Waals surface area (Å²) >= 11 is 0. The molecular formula is C53H96O10. The van der Waals surface area contributed by atoms with Crippen molar-refractivity contribution in [3.8, 4) is 0 Å². The molecule has 2 unspecified atom stereocenters. The fraction of sp³-hybridized carbons (Fsp3) is 0.849. The molecule has 1 saturated heterocycles.